The summed E-state index contributed by atoms with van der Waals surface area (Å²) >= 11 is 0. The summed E-state index contributed by atoms with van der Waals surface area (Å²) in [5.41, 5.74) is 3.69. The molecule has 34 heavy (non-hydrogen) atoms. The van der Waals surface area contributed by atoms with E-state index in [0.29, 0.717) is 22.4 Å². The van der Waals surface area contributed by atoms with Crippen molar-refractivity contribution in [3.8, 4) is 0 Å². The van der Waals surface area contributed by atoms with Crippen LogP contribution in [-0.2, 0) is 22.5 Å². The van der Waals surface area contributed by atoms with Gasteiger partial charge in [0, 0.05) is 61.9 Å². The molecule has 0 saturated carbocycles. The number of aromatic nitrogens is 1. The monoisotopic (exact) mass is 466 g/mol. The van der Waals surface area contributed by atoms with Gasteiger partial charge in [-0.05, 0) is 50.1 Å². The molecule has 0 aliphatic heterocycles. The lowest BCUT2D eigenvalue weighted by atomic mass is 10.0. The molecule has 0 atom stereocenters. The molecule has 0 fully saturated rings. The Bertz CT molecular complexity index is 1230. The second-order valence-electron chi connectivity index (χ2n) is 7.85. The van der Waals surface area contributed by atoms with Crippen molar-refractivity contribution in [2.45, 2.75) is 40.7 Å². The van der Waals surface area contributed by atoms with Crippen molar-refractivity contribution < 1.29 is 18.7 Å². The van der Waals surface area contributed by atoms with Crippen LogP contribution in [0, 0.1) is 6.92 Å². The molecule has 2 aromatic heterocycles. The van der Waals surface area contributed by atoms with E-state index in [0.717, 1.165) is 29.7 Å². The quantitative estimate of drug-likeness (QED) is 0.462. The minimum atomic E-state index is -0.614. The number of nitrogens with one attached hydrogen (secondary N) is 2. The van der Waals surface area contributed by atoms with E-state index in [1.807, 2.05) is 25.1 Å². The zero-order valence-corrected chi connectivity index (χ0v) is 19.9. The predicted octanol–water partition coefficient (Wildman–Crippen LogP) is 3.77. The molecule has 9 nitrogen and oxygen atoms in total. The van der Waals surface area contributed by atoms with E-state index in [1.54, 1.807) is 12.3 Å². The van der Waals surface area contributed by atoms with Crippen LogP contribution in [0.4, 0.5) is 16.2 Å². The highest BCUT2D eigenvalue weighted by atomic mass is 16.5. The van der Waals surface area contributed by atoms with Gasteiger partial charge in [0.05, 0.1) is 18.5 Å². The van der Waals surface area contributed by atoms with Crippen LogP contribution in [0.5, 0.6) is 0 Å². The summed E-state index contributed by atoms with van der Waals surface area (Å²) in [6, 6.07) is 7.58. The van der Waals surface area contributed by atoms with Crippen molar-refractivity contribution in [2.24, 2.45) is 0 Å². The van der Waals surface area contributed by atoms with Gasteiger partial charge in [-0.2, -0.15) is 0 Å². The topological polar surface area (TPSA) is 114 Å². The van der Waals surface area contributed by atoms with E-state index in [4.69, 9.17) is 9.15 Å². The Morgan fingerprint density at radius 2 is 1.91 bits per heavy atom. The summed E-state index contributed by atoms with van der Waals surface area (Å²) in [7, 11) is 0. The average molecular weight is 467 g/mol. The van der Waals surface area contributed by atoms with E-state index < -0.39 is 11.7 Å². The van der Waals surface area contributed by atoms with Crippen LogP contribution < -0.4 is 21.2 Å². The van der Waals surface area contributed by atoms with Crippen LogP contribution in [0.3, 0.4) is 0 Å². The number of alkyl carbamates (subject to hydrolysis) is 1. The third-order valence-electron chi connectivity index (χ3n) is 5.54. The number of hydrogen-bond donors (Lipinski definition) is 2. The minimum absolute atomic E-state index is 0.0324. The Morgan fingerprint density at radius 3 is 2.62 bits per heavy atom. The summed E-state index contributed by atoms with van der Waals surface area (Å²) < 4.78 is 10.8. The van der Waals surface area contributed by atoms with E-state index in [2.05, 4.69) is 34.4 Å². The highest BCUT2D eigenvalue weighted by Crippen LogP contribution is 2.25. The first kappa shape index (κ1) is 24.8. The first-order valence-corrected chi connectivity index (χ1v) is 11.3. The lowest BCUT2D eigenvalue weighted by Crippen LogP contribution is -2.25. The van der Waals surface area contributed by atoms with E-state index >= 15 is 0 Å². The second-order valence-corrected chi connectivity index (χ2v) is 7.85. The van der Waals surface area contributed by atoms with E-state index in [-0.39, 0.29) is 25.5 Å². The van der Waals surface area contributed by atoms with Gasteiger partial charge in [-0.1, -0.05) is 0 Å². The van der Waals surface area contributed by atoms with Gasteiger partial charge in [0.2, 0.25) is 5.91 Å². The maximum Gasteiger partial charge on any atom is 0.407 e. The van der Waals surface area contributed by atoms with Crippen molar-refractivity contribution in [2.75, 3.05) is 29.9 Å². The number of benzene rings is 1. The largest absolute Gasteiger partial charge is 0.449 e. The molecule has 0 aliphatic rings. The highest BCUT2D eigenvalue weighted by molar-refractivity contribution is 5.88. The normalized spacial score (nSPS) is 10.7. The molecule has 0 radical (unpaired) electrons. The number of fused-ring (bicyclic) bond motifs is 1. The van der Waals surface area contributed by atoms with Gasteiger partial charge >= 0.3 is 11.7 Å². The lowest BCUT2D eigenvalue weighted by molar-refractivity contribution is -0.114. The van der Waals surface area contributed by atoms with Gasteiger partial charge in [0.1, 0.15) is 5.58 Å². The van der Waals surface area contributed by atoms with Crippen molar-refractivity contribution in [3.63, 3.8) is 0 Å². The Hall–Kier alpha value is -3.88. The average Bonchev–Trinajstić information content (AvgIpc) is 2.80. The SMILES string of the molecule is CCN(CC)c1ccc2c(C)c(CCOC(=O)NCc3cncc(NC(C)=O)c3)c(=O)oc2c1. The number of nitrogens with zero attached hydrogens (tertiary/aromatic N) is 2. The number of aryl methyl sites for hydroxylation is 1. The third-order valence-corrected chi connectivity index (χ3v) is 5.54. The fourth-order valence-corrected chi connectivity index (χ4v) is 3.78. The summed E-state index contributed by atoms with van der Waals surface area (Å²) in [5.74, 6) is -0.205. The molecule has 180 valence electrons. The standard InChI is InChI=1S/C25H30N4O5/c1-5-29(6-2)20-7-8-21-16(3)22(24(31)34-23(21)12-20)9-10-33-25(32)27-14-18-11-19(15-26-13-18)28-17(4)30/h7-8,11-13,15H,5-6,9-10,14H2,1-4H3,(H,27,32)(H,28,30). The van der Waals surface area contributed by atoms with Crippen LogP contribution >= 0.6 is 0 Å². The second kappa shape index (κ2) is 11.3. The van der Waals surface area contributed by atoms with Crippen molar-refractivity contribution in [1.29, 1.82) is 0 Å². The molecule has 3 rings (SSSR count). The number of carbonyl (C=O) groups is 2. The summed E-state index contributed by atoms with van der Waals surface area (Å²) in [4.78, 5) is 42.0. The van der Waals surface area contributed by atoms with E-state index in [9.17, 15) is 14.4 Å². The maximum atomic E-state index is 12.6. The molecule has 0 saturated heterocycles. The number of ether oxygens (including phenoxy) is 1. The Morgan fingerprint density at radius 1 is 1.15 bits per heavy atom. The molecule has 2 amide bonds. The van der Waals surface area contributed by atoms with Crippen LogP contribution in [0.2, 0.25) is 0 Å². The molecule has 0 bridgehead atoms. The van der Waals surface area contributed by atoms with Gasteiger partial charge in [-0.25, -0.2) is 9.59 Å². The Balaban J connectivity index is 1.60. The van der Waals surface area contributed by atoms with Crippen LogP contribution in [0.25, 0.3) is 11.0 Å². The molecule has 2 N–H and O–H groups in total. The zero-order valence-electron chi connectivity index (χ0n) is 19.9. The van der Waals surface area contributed by atoms with E-state index in [1.165, 1.54) is 13.1 Å². The van der Waals surface area contributed by atoms with Crippen LogP contribution in [0.15, 0.2) is 45.9 Å². The lowest BCUT2D eigenvalue weighted by Gasteiger charge is -2.21. The maximum absolute atomic E-state index is 12.6. The molecule has 0 aliphatic carbocycles. The van der Waals surface area contributed by atoms with Gasteiger partial charge in [-0.15, -0.1) is 0 Å². The first-order valence-electron chi connectivity index (χ1n) is 11.3. The van der Waals surface area contributed by atoms with Gasteiger partial charge in [0.15, 0.2) is 0 Å². The fraction of sp³-hybridized carbons (Fsp3) is 0.360. The van der Waals surface area contributed by atoms with Crippen molar-refractivity contribution in [3.05, 3.63) is 63.8 Å². The number of hydrogen-bond acceptors (Lipinski definition) is 7. The fourth-order valence-electron chi connectivity index (χ4n) is 3.78. The number of rotatable bonds is 9. The molecule has 2 heterocycles. The summed E-state index contributed by atoms with van der Waals surface area (Å²) in [6.07, 6.45) is 2.73. The third kappa shape index (κ3) is 6.12. The number of anilines is 2. The van der Waals surface area contributed by atoms with Gasteiger partial charge in [0.25, 0.3) is 0 Å². The molecule has 1 aromatic carbocycles. The molecule has 9 heteroatoms. The molecule has 3 aromatic rings. The van der Waals surface area contributed by atoms with Crippen LogP contribution in [0.1, 0.15) is 37.5 Å². The predicted molar refractivity (Wildman–Crippen MR) is 131 cm³/mol. The highest BCUT2D eigenvalue weighted by Gasteiger charge is 2.14. The van der Waals surface area contributed by atoms with Crippen LogP contribution in [-0.4, -0.2) is 36.7 Å². The van der Waals surface area contributed by atoms with Crippen molar-refractivity contribution >= 4 is 34.3 Å². The Kier molecular flexibility index (Phi) is 8.24. The zero-order chi connectivity index (χ0) is 24.7. The molecule has 0 spiro atoms. The van der Waals surface area contributed by atoms with Crippen molar-refractivity contribution in [1.82, 2.24) is 10.3 Å². The number of amides is 2. The summed E-state index contributed by atoms with van der Waals surface area (Å²) in [5, 5.41) is 6.13. The number of carbonyl (C=O) groups excluding carboxylic acids is 2. The first-order chi connectivity index (χ1) is 16.3. The molecule has 0 unspecified atom stereocenters. The smallest absolute Gasteiger partial charge is 0.407 e. The number of pyridine rings is 1. The molecular formula is C25H30N4O5. The summed E-state index contributed by atoms with van der Waals surface area (Å²) in [6.45, 7) is 9.38. The van der Waals surface area contributed by atoms with Gasteiger partial charge in [-0.3, -0.25) is 9.78 Å². The Labute approximate surface area is 198 Å². The van der Waals surface area contributed by atoms with Gasteiger partial charge < -0.3 is 24.7 Å². The minimum Gasteiger partial charge on any atom is -0.449 e. The molecular weight excluding hydrogens is 436 g/mol.